The van der Waals surface area contributed by atoms with Crippen molar-refractivity contribution in [3.63, 3.8) is 0 Å². The van der Waals surface area contributed by atoms with Gasteiger partial charge in [-0.3, -0.25) is 0 Å². The Balaban J connectivity index is 0.000000791. The molecule has 0 bridgehead atoms. The molecule has 0 unspecified atom stereocenters. The van der Waals surface area contributed by atoms with Gasteiger partial charge < -0.3 is 4.42 Å². The minimum atomic E-state index is 0.749. The molecule has 0 aliphatic rings. The number of hydrogen-bond acceptors (Lipinski definition) is 2. The maximum Gasteiger partial charge on any atom is 0.191 e. The topological polar surface area (TPSA) is 26.0 Å². The van der Waals surface area contributed by atoms with Crippen molar-refractivity contribution in [3.8, 4) is 0 Å². The van der Waals surface area contributed by atoms with E-state index in [-0.39, 0.29) is 0 Å². The molecule has 1 aromatic heterocycles. The second-order valence-electron chi connectivity index (χ2n) is 3.12. The van der Waals surface area contributed by atoms with E-state index in [2.05, 4.69) is 31.8 Å². The first-order valence-electron chi connectivity index (χ1n) is 5.24. The lowest BCUT2D eigenvalue weighted by Gasteiger charge is -1.90. The van der Waals surface area contributed by atoms with E-state index >= 15 is 0 Å². The van der Waals surface area contributed by atoms with Crippen LogP contribution in [0.15, 0.2) is 9.99 Å². The first-order valence-corrected chi connectivity index (χ1v) is 5.24. The van der Waals surface area contributed by atoms with Gasteiger partial charge in [-0.25, -0.2) is 4.98 Å². The molecule has 0 aromatic carbocycles. The van der Waals surface area contributed by atoms with Gasteiger partial charge in [-0.2, -0.15) is 0 Å². The van der Waals surface area contributed by atoms with Crippen molar-refractivity contribution in [2.75, 3.05) is 0 Å². The summed E-state index contributed by atoms with van der Waals surface area (Å²) in [5.41, 5.74) is 2.23. The summed E-state index contributed by atoms with van der Waals surface area (Å²) in [6.45, 7) is 12.1. The smallest absolute Gasteiger partial charge is 0.191 e. The quantitative estimate of drug-likeness (QED) is 0.713. The lowest BCUT2D eigenvalue weighted by atomic mass is 10.2. The molecule has 0 fully saturated rings. The third-order valence-electron chi connectivity index (χ3n) is 1.58. The van der Waals surface area contributed by atoms with E-state index in [9.17, 15) is 0 Å². The molecule has 0 saturated carbocycles. The van der Waals surface area contributed by atoms with Crippen molar-refractivity contribution in [3.05, 3.63) is 22.9 Å². The fourth-order valence-electron chi connectivity index (χ4n) is 1.12. The highest BCUT2D eigenvalue weighted by Gasteiger charge is 2.05. The lowest BCUT2D eigenvalue weighted by molar-refractivity contribution is 0.479. The van der Waals surface area contributed by atoms with Gasteiger partial charge in [0.2, 0.25) is 0 Å². The van der Waals surface area contributed by atoms with Crippen LogP contribution in [0.5, 0.6) is 0 Å². The van der Waals surface area contributed by atoms with E-state index < -0.39 is 0 Å². The van der Waals surface area contributed by atoms with Crippen molar-refractivity contribution >= 4 is 6.08 Å². The fourth-order valence-corrected chi connectivity index (χ4v) is 1.12. The third-order valence-corrected chi connectivity index (χ3v) is 1.58. The van der Waals surface area contributed by atoms with Gasteiger partial charge in [-0.15, -0.1) is 0 Å². The molecule has 1 aromatic rings. The number of nitrogens with zero attached hydrogens (tertiary/aromatic N) is 1. The van der Waals surface area contributed by atoms with E-state index in [0.29, 0.717) is 0 Å². The van der Waals surface area contributed by atoms with Gasteiger partial charge in [0.05, 0.1) is 0 Å². The highest BCUT2D eigenvalue weighted by Crippen LogP contribution is 2.14. The molecule has 0 aliphatic heterocycles. The zero-order valence-corrected chi connectivity index (χ0v) is 10.1. The third kappa shape index (κ3) is 3.77. The number of aromatic nitrogens is 1. The number of hydrogen-bond donors (Lipinski definition) is 0. The van der Waals surface area contributed by atoms with Crippen LogP contribution in [0.1, 0.15) is 52.0 Å². The predicted octanol–water partition coefficient (Wildman–Crippen LogP) is 3.99. The molecular weight excluding hydrogens is 174 g/mol. The summed E-state index contributed by atoms with van der Waals surface area (Å²) in [6, 6.07) is 0. The van der Waals surface area contributed by atoms with Crippen LogP contribution in [0.3, 0.4) is 0 Å². The second-order valence-corrected chi connectivity index (χ2v) is 3.12. The zero-order chi connectivity index (χ0) is 11.1. The molecule has 14 heavy (non-hydrogen) atoms. The normalized spacial score (nSPS) is 9.00. The Morgan fingerprint density at radius 1 is 1.36 bits per heavy atom. The molecule has 0 aliphatic carbocycles. The van der Waals surface area contributed by atoms with Gasteiger partial charge in [0.1, 0.15) is 11.5 Å². The van der Waals surface area contributed by atoms with E-state index in [1.807, 2.05) is 20.8 Å². The summed E-state index contributed by atoms with van der Waals surface area (Å²) >= 11 is 0. The molecule has 2 heteroatoms. The maximum absolute atomic E-state index is 5.41. The Hall–Kier alpha value is -1.05. The van der Waals surface area contributed by atoms with Gasteiger partial charge in [0.15, 0.2) is 5.89 Å². The second kappa shape index (κ2) is 6.41. The van der Waals surface area contributed by atoms with E-state index in [0.717, 1.165) is 23.8 Å². The van der Waals surface area contributed by atoms with Crippen LogP contribution in [-0.2, 0) is 6.42 Å². The zero-order valence-electron chi connectivity index (χ0n) is 10.1. The highest BCUT2D eigenvalue weighted by molar-refractivity contribution is 5.49. The van der Waals surface area contributed by atoms with Crippen LogP contribution in [0.25, 0.3) is 6.08 Å². The van der Waals surface area contributed by atoms with Crippen LogP contribution >= 0.6 is 0 Å². The Morgan fingerprint density at radius 3 is 2.36 bits per heavy atom. The maximum atomic E-state index is 5.41. The minimum Gasteiger partial charge on any atom is -0.445 e. The molecule has 0 saturated heterocycles. The lowest BCUT2D eigenvalue weighted by Crippen LogP contribution is -1.81. The Morgan fingerprint density at radius 2 is 1.93 bits per heavy atom. The highest BCUT2D eigenvalue weighted by atomic mass is 16.4. The average Bonchev–Trinajstić information content (AvgIpc) is 2.48. The van der Waals surface area contributed by atoms with Crippen molar-refractivity contribution in [2.24, 2.45) is 0 Å². The SMILES string of the molecule is CC.CCc1oc(C)nc1C=C(C)C. The summed E-state index contributed by atoms with van der Waals surface area (Å²) in [7, 11) is 0. The Kier molecular flexibility index (Phi) is 5.93. The molecule has 0 radical (unpaired) electrons. The summed E-state index contributed by atoms with van der Waals surface area (Å²) in [4.78, 5) is 4.28. The van der Waals surface area contributed by atoms with Crippen LogP contribution in [0.4, 0.5) is 0 Å². The molecule has 2 nitrogen and oxygen atoms in total. The van der Waals surface area contributed by atoms with Crippen molar-refractivity contribution in [1.29, 1.82) is 0 Å². The molecule has 0 amide bonds. The summed E-state index contributed by atoms with van der Waals surface area (Å²) in [5, 5.41) is 0. The van der Waals surface area contributed by atoms with E-state index in [1.165, 1.54) is 5.57 Å². The summed E-state index contributed by atoms with van der Waals surface area (Å²) in [5.74, 6) is 1.73. The number of allylic oxidation sites excluding steroid dienone is 1. The largest absolute Gasteiger partial charge is 0.445 e. The van der Waals surface area contributed by atoms with Crippen molar-refractivity contribution in [1.82, 2.24) is 4.98 Å². The van der Waals surface area contributed by atoms with Gasteiger partial charge in [0.25, 0.3) is 0 Å². The molecular formula is C12H21NO. The van der Waals surface area contributed by atoms with Gasteiger partial charge in [-0.1, -0.05) is 26.3 Å². The van der Waals surface area contributed by atoms with Crippen molar-refractivity contribution in [2.45, 2.75) is 48.0 Å². The van der Waals surface area contributed by atoms with Crippen LogP contribution in [0.2, 0.25) is 0 Å². The first-order chi connectivity index (χ1) is 6.63. The number of aryl methyl sites for hydroxylation is 2. The number of oxazole rings is 1. The van der Waals surface area contributed by atoms with Crippen LogP contribution in [-0.4, -0.2) is 4.98 Å². The van der Waals surface area contributed by atoms with Gasteiger partial charge in [-0.05, 0) is 19.9 Å². The van der Waals surface area contributed by atoms with E-state index in [1.54, 1.807) is 0 Å². The van der Waals surface area contributed by atoms with E-state index in [4.69, 9.17) is 4.42 Å². The van der Waals surface area contributed by atoms with Gasteiger partial charge >= 0.3 is 0 Å². The summed E-state index contributed by atoms with van der Waals surface area (Å²) in [6.07, 6.45) is 2.95. The summed E-state index contributed by atoms with van der Waals surface area (Å²) < 4.78 is 5.41. The van der Waals surface area contributed by atoms with Crippen molar-refractivity contribution < 1.29 is 4.42 Å². The Labute approximate surface area is 87.0 Å². The molecule has 80 valence electrons. The molecule has 0 atom stereocenters. The molecule has 1 rings (SSSR count). The predicted molar refractivity (Wildman–Crippen MR) is 61.3 cm³/mol. The first kappa shape index (κ1) is 12.9. The molecule has 0 spiro atoms. The number of rotatable bonds is 2. The Bertz CT molecular complexity index is 293. The molecule has 0 N–H and O–H groups in total. The fraction of sp³-hybridized carbons (Fsp3) is 0.583. The van der Waals surface area contributed by atoms with Crippen LogP contribution < -0.4 is 0 Å². The van der Waals surface area contributed by atoms with Crippen LogP contribution in [0, 0.1) is 6.92 Å². The monoisotopic (exact) mass is 195 g/mol. The average molecular weight is 195 g/mol. The molecule has 1 heterocycles. The van der Waals surface area contributed by atoms with Gasteiger partial charge in [0, 0.05) is 13.3 Å². The minimum absolute atomic E-state index is 0.749. The standard InChI is InChI=1S/C10H15NO.C2H6/c1-5-10-9(6-7(2)3)11-8(4)12-10;1-2/h6H,5H2,1-4H3;1-2H3.